The number of hydrogen-bond donors (Lipinski definition) is 1. The molecule has 0 spiro atoms. The van der Waals surface area contributed by atoms with Crippen molar-refractivity contribution >= 4 is 38.5 Å². The van der Waals surface area contributed by atoms with Crippen LogP contribution in [0.15, 0.2) is 16.6 Å². The van der Waals surface area contributed by atoms with Gasteiger partial charge in [-0.25, -0.2) is 0 Å². The molecule has 0 aliphatic carbocycles. The van der Waals surface area contributed by atoms with Crippen LogP contribution in [0.25, 0.3) is 0 Å². The van der Waals surface area contributed by atoms with E-state index >= 15 is 0 Å². The van der Waals surface area contributed by atoms with Gasteiger partial charge >= 0.3 is 6.18 Å². The number of rotatable bonds is 1. The van der Waals surface area contributed by atoms with Crippen LogP contribution in [0.5, 0.6) is 0 Å². The fourth-order valence-corrected chi connectivity index (χ4v) is 1.55. The summed E-state index contributed by atoms with van der Waals surface area (Å²) in [7, 11) is 0. The van der Waals surface area contributed by atoms with E-state index in [1.54, 1.807) is 0 Å². The maximum Gasteiger partial charge on any atom is 0.419 e. The summed E-state index contributed by atoms with van der Waals surface area (Å²) in [6.45, 7) is 0. The predicted octanol–water partition coefficient (Wildman–Crippen LogP) is 3.43. The van der Waals surface area contributed by atoms with Gasteiger partial charge in [0, 0.05) is 10.0 Å². The topological polar surface area (TPSA) is 43.1 Å². The third-order valence-electron chi connectivity index (χ3n) is 1.69. The van der Waals surface area contributed by atoms with Crippen LogP contribution < -0.4 is 5.73 Å². The quantitative estimate of drug-likeness (QED) is 0.638. The lowest BCUT2D eigenvalue weighted by Gasteiger charge is -2.13. The van der Waals surface area contributed by atoms with Gasteiger partial charge in [0.05, 0.1) is 11.3 Å². The van der Waals surface area contributed by atoms with Gasteiger partial charge in [-0.1, -0.05) is 0 Å². The summed E-state index contributed by atoms with van der Waals surface area (Å²) >= 11 is 7.87. The van der Waals surface area contributed by atoms with Crippen LogP contribution in [0.3, 0.4) is 0 Å². The van der Waals surface area contributed by atoms with Gasteiger partial charge in [0.25, 0.3) is 5.24 Å². The second-order valence-corrected chi connectivity index (χ2v) is 3.85. The van der Waals surface area contributed by atoms with E-state index in [-0.39, 0.29) is 4.47 Å². The summed E-state index contributed by atoms with van der Waals surface area (Å²) in [4.78, 5) is 10.8. The molecule has 0 aliphatic heterocycles. The maximum atomic E-state index is 12.5. The zero-order chi connectivity index (χ0) is 11.8. The zero-order valence-corrected chi connectivity index (χ0v) is 9.37. The van der Waals surface area contributed by atoms with Crippen LogP contribution in [-0.4, -0.2) is 5.24 Å². The highest BCUT2D eigenvalue weighted by Crippen LogP contribution is 2.39. The van der Waals surface area contributed by atoms with Crippen molar-refractivity contribution in [2.24, 2.45) is 0 Å². The molecule has 0 amide bonds. The Morgan fingerprint density at radius 2 is 1.93 bits per heavy atom. The van der Waals surface area contributed by atoms with Crippen LogP contribution in [0, 0.1) is 0 Å². The van der Waals surface area contributed by atoms with Crippen molar-refractivity contribution in [2.75, 3.05) is 5.73 Å². The molecule has 2 nitrogen and oxygen atoms in total. The van der Waals surface area contributed by atoms with Crippen LogP contribution >= 0.6 is 27.5 Å². The SMILES string of the molecule is Nc1c(Br)ccc(C(=O)Cl)c1C(F)(F)F. The lowest BCUT2D eigenvalue weighted by atomic mass is 10.1. The highest BCUT2D eigenvalue weighted by atomic mass is 79.9. The molecule has 0 bridgehead atoms. The molecule has 82 valence electrons. The first-order chi connectivity index (χ1) is 6.75. The van der Waals surface area contributed by atoms with Gasteiger partial charge in [-0.2, -0.15) is 13.2 Å². The molecular formula is C8H4BrClF3NO. The van der Waals surface area contributed by atoms with Crippen LogP contribution in [0.1, 0.15) is 15.9 Å². The molecule has 0 heterocycles. The number of carbonyl (C=O) groups is 1. The van der Waals surface area contributed by atoms with E-state index in [9.17, 15) is 18.0 Å². The second-order valence-electron chi connectivity index (χ2n) is 2.66. The highest BCUT2D eigenvalue weighted by molar-refractivity contribution is 9.10. The first-order valence-corrected chi connectivity index (χ1v) is 4.77. The molecule has 7 heteroatoms. The Labute approximate surface area is 96.3 Å². The summed E-state index contributed by atoms with van der Waals surface area (Å²) in [5.74, 6) is 0. The zero-order valence-electron chi connectivity index (χ0n) is 7.03. The number of benzene rings is 1. The molecule has 0 radical (unpaired) electrons. The number of anilines is 1. The van der Waals surface area contributed by atoms with Gasteiger partial charge in [-0.3, -0.25) is 4.79 Å². The number of hydrogen-bond acceptors (Lipinski definition) is 2. The molecular weight excluding hydrogens is 298 g/mol. The first kappa shape index (κ1) is 12.3. The number of alkyl halides is 3. The normalized spacial score (nSPS) is 11.5. The number of nitrogens with two attached hydrogens (primary N) is 1. The smallest absolute Gasteiger partial charge is 0.397 e. The van der Waals surface area contributed by atoms with Gasteiger partial charge < -0.3 is 5.73 Å². The third kappa shape index (κ3) is 2.43. The lowest BCUT2D eigenvalue weighted by Crippen LogP contribution is -2.14. The number of halogens is 5. The average molecular weight is 302 g/mol. The fraction of sp³-hybridized carbons (Fsp3) is 0.125. The van der Waals surface area contributed by atoms with E-state index < -0.39 is 28.2 Å². The Morgan fingerprint density at radius 1 is 1.40 bits per heavy atom. The fourth-order valence-electron chi connectivity index (χ4n) is 1.06. The van der Waals surface area contributed by atoms with Gasteiger partial charge in [-0.05, 0) is 39.7 Å². The van der Waals surface area contributed by atoms with Gasteiger partial charge in [0.1, 0.15) is 0 Å². The molecule has 0 saturated heterocycles. The summed E-state index contributed by atoms with van der Waals surface area (Å²) < 4.78 is 37.7. The standard InChI is InChI=1S/C8H4BrClF3NO/c9-4-2-1-3(7(10)15)5(6(4)14)8(11,12)13/h1-2H,14H2. The van der Waals surface area contributed by atoms with Crippen LogP contribution in [-0.2, 0) is 6.18 Å². The summed E-state index contributed by atoms with van der Waals surface area (Å²) in [6.07, 6.45) is -4.71. The molecule has 0 fully saturated rings. The third-order valence-corrected chi connectivity index (χ3v) is 2.58. The predicted molar refractivity (Wildman–Crippen MR) is 53.7 cm³/mol. The number of carbonyl (C=O) groups excluding carboxylic acids is 1. The van der Waals surface area contributed by atoms with Crippen molar-refractivity contribution in [3.8, 4) is 0 Å². The largest absolute Gasteiger partial charge is 0.419 e. The Balaban J connectivity index is 3.57. The molecule has 2 N–H and O–H groups in total. The minimum Gasteiger partial charge on any atom is -0.397 e. The van der Waals surface area contributed by atoms with Gasteiger partial charge in [0.15, 0.2) is 0 Å². The Bertz CT molecular complexity index is 419. The van der Waals surface area contributed by atoms with E-state index in [0.29, 0.717) is 0 Å². The molecule has 0 aromatic heterocycles. The summed E-state index contributed by atoms with van der Waals surface area (Å²) in [5, 5.41) is -1.19. The molecule has 0 atom stereocenters. The minimum absolute atomic E-state index is 0.0662. The molecule has 0 aliphatic rings. The first-order valence-electron chi connectivity index (χ1n) is 3.60. The van der Waals surface area contributed by atoms with E-state index in [2.05, 4.69) is 15.9 Å². The highest BCUT2D eigenvalue weighted by Gasteiger charge is 2.37. The Morgan fingerprint density at radius 3 is 2.33 bits per heavy atom. The van der Waals surface area contributed by atoms with Crippen molar-refractivity contribution in [1.82, 2.24) is 0 Å². The Hall–Kier alpha value is -0.750. The van der Waals surface area contributed by atoms with Gasteiger partial charge in [0.2, 0.25) is 0 Å². The van der Waals surface area contributed by atoms with Crippen LogP contribution in [0.4, 0.5) is 18.9 Å². The molecule has 1 aromatic carbocycles. The lowest BCUT2D eigenvalue weighted by molar-refractivity contribution is -0.137. The van der Waals surface area contributed by atoms with Crippen molar-refractivity contribution in [3.63, 3.8) is 0 Å². The Kier molecular flexibility index (Phi) is 3.30. The monoisotopic (exact) mass is 301 g/mol. The maximum absolute atomic E-state index is 12.5. The van der Waals surface area contributed by atoms with E-state index in [1.165, 1.54) is 6.07 Å². The molecule has 1 rings (SSSR count). The molecule has 1 aromatic rings. The van der Waals surface area contributed by atoms with E-state index in [4.69, 9.17) is 17.3 Å². The van der Waals surface area contributed by atoms with Crippen molar-refractivity contribution in [3.05, 3.63) is 27.7 Å². The van der Waals surface area contributed by atoms with Gasteiger partial charge in [-0.15, -0.1) is 0 Å². The van der Waals surface area contributed by atoms with E-state index in [0.717, 1.165) is 6.07 Å². The average Bonchev–Trinajstić information content (AvgIpc) is 2.06. The van der Waals surface area contributed by atoms with Crippen LogP contribution in [0.2, 0.25) is 0 Å². The van der Waals surface area contributed by atoms with Crippen molar-refractivity contribution in [1.29, 1.82) is 0 Å². The van der Waals surface area contributed by atoms with Crippen molar-refractivity contribution < 1.29 is 18.0 Å². The summed E-state index contributed by atoms with van der Waals surface area (Å²) in [6, 6.07) is 2.21. The molecule has 0 saturated carbocycles. The van der Waals surface area contributed by atoms with E-state index in [1.807, 2.05) is 0 Å². The number of nitrogen functional groups attached to an aromatic ring is 1. The second kappa shape index (κ2) is 4.02. The summed E-state index contributed by atoms with van der Waals surface area (Å²) in [5.41, 5.74) is 2.82. The van der Waals surface area contributed by atoms with Crippen molar-refractivity contribution in [2.45, 2.75) is 6.18 Å². The molecule has 15 heavy (non-hydrogen) atoms. The minimum atomic E-state index is -4.71. The molecule has 0 unspecified atom stereocenters.